The van der Waals surface area contributed by atoms with Crippen LogP contribution in [0.5, 0.6) is 0 Å². The van der Waals surface area contributed by atoms with Gasteiger partial charge in [0.2, 0.25) is 5.13 Å². The van der Waals surface area contributed by atoms with Crippen molar-refractivity contribution in [3.05, 3.63) is 36.0 Å². The highest BCUT2D eigenvalue weighted by atomic mass is 32.2. The number of rotatable bonds is 7. The third-order valence-electron chi connectivity index (χ3n) is 4.41. The molecular formula is C18H20N4O2S2. The second-order valence-electron chi connectivity index (χ2n) is 6.26. The molecular weight excluding hydrogens is 368 g/mol. The highest BCUT2D eigenvalue weighted by Gasteiger charge is 2.22. The number of Topliss-reactive ketones (excluding diaryl/α,β-unsaturated/α-hetero) is 1. The van der Waals surface area contributed by atoms with E-state index in [1.54, 1.807) is 6.20 Å². The van der Waals surface area contributed by atoms with E-state index in [4.69, 9.17) is 4.74 Å². The summed E-state index contributed by atoms with van der Waals surface area (Å²) >= 11 is 2.92. The number of carbonyl (C=O) groups excluding carboxylic acids is 1. The number of anilines is 1. The van der Waals surface area contributed by atoms with Crippen LogP contribution in [0.3, 0.4) is 0 Å². The van der Waals surface area contributed by atoms with Crippen LogP contribution in [0.4, 0.5) is 5.13 Å². The van der Waals surface area contributed by atoms with Crippen LogP contribution in [-0.4, -0.2) is 45.5 Å². The van der Waals surface area contributed by atoms with Gasteiger partial charge in [0, 0.05) is 35.8 Å². The number of H-pyrrole nitrogens is 1. The van der Waals surface area contributed by atoms with Crippen LogP contribution >= 0.6 is 23.1 Å². The van der Waals surface area contributed by atoms with Crippen LogP contribution in [0.25, 0.3) is 10.9 Å². The summed E-state index contributed by atoms with van der Waals surface area (Å²) in [6, 6.07) is 7.84. The monoisotopic (exact) mass is 388 g/mol. The Morgan fingerprint density at radius 3 is 3.19 bits per heavy atom. The molecule has 26 heavy (non-hydrogen) atoms. The van der Waals surface area contributed by atoms with Gasteiger partial charge in [0.15, 0.2) is 10.1 Å². The van der Waals surface area contributed by atoms with E-state index in [-0.39, 0.29) is 17.1 Å². The molecule has 1 aliphatic rings. The largest absolute Gasteiger partial charge is 0.376 e. The molecule has 3 heterocycles. The van der Waals surface area contributed by atoms with Crippen molar-refractivity contribution >= 4 is 44.9 Å². The second kappa shape index (κ2) is 7.77. The molecule has 3 aromatic rings. The molecule has 1 aliphatic heterocycles. The molecule has 0 aliphatic carbocycles. The molecule has 2 atom stereocenters. The smallest absolute Gasteiger partial charge is 0.206 e. The zero-order valence-corrected chi connectivity index (χ0v) is 16.0. The third-order valence-corrected chi connectivity index (χ3v) is 6.48. The van der Waals surface area contributed by atoms with Gasteiger partial charge >= 0.3 is 0 Å². The number of thioether (sulfide) groups is 1. The van der Waals surface area contributed by atoms with E-state index in [0.717, 1.165) is 51.9 Å². The normalized spacial score (nSPS) is 18.3. The lowest BCUT2D eigenvalue weighted by molar-refractivity contribution is 0.0995. The number of aromatic nitrogens is 3. The number of ether oxygens (including phenoxy) is 1. The van der Waals surface area contributed by atoms with Crippen molar-refractivity contribution in [3.63, 3.8) is 0 Å². The Labute approximate surface area is 159 Å². The van der Waals surface area contributed by atoms with Gasteiger partial charge in [-0.05, 0) is 25.8 Å². The average molecular weight is 389 g/mol. The van der Waals surface area contributed by atoms with Crippen LogP contribution in [0.15, 0.2) is 34.8 Å². The molecule has 4 rings (SSSR count). The van der Waals surface area contributed by atoms with Gasteiger partial charge in [0.25, 0.3) is 0 Å². The summed E-state index contributed by atoms with van der Waals surface area (Å²) < 4.78 is 6.39. The van der Waals surface area contributed by atoms with E-state index in [1.807, 2.05) is 31.2 Å². The Morgan fingerprint density at radius 1 is 1.46 bits per heavy atom. The second-order valence-corrected chi connectivity index (χ2v) is 8.83. The highest BCUT2D eigenvalue weighted by Crippen LogP contribution is 2.31. The van der Waals surface area contributed by atoms with Crippen molar-refractivity contribution in [2.75, 3.05) is 18.5 Å². The number of hydrogen-bond acceptors (Lipinski definition) is 7. The van der Waals surface area contributed by atoms with E-state index < -0.39 is 0 Å². The number of para-hydroxylation sites is 1. The number of fused-ring (bicyclic) bond motifs is 1. The molecule has 0 saturated carbocycles. The Kier molecular flexibility index (Phi) is 5.23. The SMILES string of the molecule is C[C@H](Sc1nnc(NC[C@H]2CCCO2)s1)C(=O)c1c[nH]c2ccccc12. The first kappa shape index (κ1) is 17.5. The minimum Gasteiger partial charge on any atom is -0.376 e. The van der Waals surface area contributed by atoms with Crippen molar-refractivity contribution in [1.29, 1.82) is 0 Å². The third kappa shape index (κ3) is 3.77. The van der Waals surface area contributed by atoms with Gasteiger partial charge in [0.1, 0.15) is 0 Å². The number of ketones is 1. The first-order chi connectivity index (χ1) is 12.7. The summed E-state index contributed by atoms with van der Waals surface area (Å²) in [5.74, 6) is 0.0940. The van der Waals surface area contributed by atoms with E-state index in [2.05, 4.69) is 20.5 Å². The average Bonchev–Trinajstić information content (AvgIpc) is 3.40. The predicted octanol–water partition coefficient (Wildman–Crippen LogP) is 3.97. The van der Waals surface area contributed by atoms with Gasteiger partial charge < -0.3 is 15.0 Å². The summed E-state index contributed by atoms with van der Waals surface area (Å²) in [5, 5.41) is 13.1. The topological polar surface area (TPSA) is 79.9 Å². The first-order valence-corrected chi connectivity index (χ1v) is 10.4. The number of hydrogen-bond donors (Lipinski definition) is 2. The summed E-state index contributed by atoms with van der Waals surface area (Å²) in [7, 11) is 0. The van der Waals surface area contributed by atoms with Crippen LogP contribution in [0.2, 0.25) is 0 Å². The Bertz CT molecular complexity index is 901. The van der Waals surface area contributed by atoms with Crippen molar-refractivity contribution in [3.8, 4) is 0 Å². The minimum absolute atomic E-state index is 0.0940. The van der Waals surface area contributed by atoms with Crippen LogP contribution in [0.1, 0.15) is 30.1 Å². The van der Waals surface area contributed by atoms with E-state index in [0.29, 0.717) is 0 Å². The van der Waals surface area contributed by atoms with Gasteiger partial charge in [-0.1, -0.05) is 41.3 Å². The molecule has 0 amide bonds. The summed E-state index contributed by atoms with van der Waals surface area (Å²) in [5.41, 5.74) is 1.70. The Morgan fingerprint density at radius 2 is 2.35 bits per heavy atom. The fourth-order valence-corrected chi connectivity index (χ4v) is 5.01. The number of nitrogens with one attached hydrogen (secondary N) is 2. The molecule has 1 aromatic carbocycles. The maximum atomic E-state index is 12.8. The molecule has 0 radical (unpaired) electrons. The van der Waals surface area contributed by atoms with Crippen molar-refractivity contribution in [2.45, 2.75) is 35.5 Å². The standard InChI is InChI=1S/C18H20N4O2S2/c1-11(16(23)14-10-19-15-7-3-2-6-13(14)15)25-18-22-21-17(26-18)20-9-12-5-4-8-24-12/h2-3,6-7,10-12,19H,4-5,8-9H2,1H3,(H,20,21)/t11-,12+/m0/s1. The lowest BCUT2D eigenvalue weighted by Crippen LogP contribution is -2.18. The highest BCUT2D eigenvalue weighted by molar-refractivity contribution is 8.02. The van der Waals surface area contributed by atoms with Gasteiger partial charge in [-0.3, -0.25) is 4.79 Å². The summed E-state index contributed by atoms with van der Waals surface area (Å²) in [4.78, 5) is 16.0. The van der Waals surface area contributed by atoms with Crippen LogP contribution in [-0.2, 0) is 4.74 Å². The molecule has 8 heteroatoms. The first-order valence-electron chi connectivity index (χ1n) is 8.66. The summed E-state index contributed by atoms with van der Waals surface area (Å²) in [6.45, 7) is 3.51. The zero-order valence-electron chi connectivity index (χ0n) is 14.4. The van der Waals surface area contributed by atoms with Crippen molar-refractivity contribution in [2.24, 2.45) is 0 Å². The van der Waals surface area contributed by atoms with Crippen molar-refractivity contribution in [1.82, 2.24) is 15.2 Å². The maximum Gasteiger partial charge on any atom is 0.206 e. The van der Waals surface area contributed by atoms with Crippen LogP contribution < -0.4 is 5.32 Å². The Balaban J connectivity index is 1.38. The molecule has 2 aromatic heterocycles. The summed E-state index contributed by atoms with van der Waals surface area (Å²) in [6.07, 6.45) is 4.26. The number of carbonyl (C=O) groups is 1. The quantitative estimate of drug-likeness (QED) is 0.471. The molecule has 1 saturated heterocycles. The predicted molar refractivity (Wildman–Crippen MR) is 105 cm³/mol. The van der Waals surface area contributed by atoms with Crippen LogP contribution in [0, 0.1) is 0 Å². The zero-order chi connectivity index (χ0) is 17.9. The van der Waals surface area contributed by atoms with Gasteiger partial charge in [-0.25, -0.2) is 0 Å². The van der Waals surface area contributed by atoms with Gasteiger partial charge in [-0.2, -0.15) is 0 Å². The van der Waals surface area contributed by atoms with Crippen molar-refractivity contribution < 1.29 is 9.53 Å². The lowest BCUT2D eigenvalue weighted by Gasteiger charge is -2.08. The molecule has 0 unspecified atom stereocenters. The lowest BCUT2D eigenvalue weighted by atomic mass is 10.1. The molecule has 0 bridgehead atoms. The number of benzene rings is 1. The van der Waals surface area contributed by atoms with Gasteiger partial charge in [-0.15, -0.1) is 10.2 Å². The maximum absolute atomic E-state index is 12.8. The number of nitrogens with zero attached hydrogens (tertiary/aromatic N) is 2. The fourth-order valence-electron chi connectivity index (χ4n) is 3.03. The van der Waals surface area contributed by atoms with E-state index in [9.17, 15) is 4.79 Å². The minimum atomic E-state index is -0.229. The number of aromatic amines is 1. The van der Waals surface area contributed by atoms with Gasteiger partial charge in [0.05, 0.1) is 11.4 Å². The molecule has 2 N–H and O–H groups in total. The van der Waals surface area contributed by atoms with E-state index in [1.165, 1.54) is 23.1 Å². The molecule has 1 fully saturated rings. The Hall–Kier alpha value is -1.90. The molecule has 6 nitrogen and oxygen atoms in total. The fraction of sp³-hybridized carbons (Fsp3) is 0.389. The van der Waals surface area contributed by atoms with E-state index >= 15 is 0 Å². The molecule has 0 spiro atoms. The molecule has 136 valence electrons.